The number of rotatable bonds is 7. The highest BCUT2D eigenvalue weighted by Gasteiger charge is 2.16. The molecule has 5 nitrogen and oxygen atoms in total. The molecule has 1 aromatic heterocycles. The Labute approximate surface area is 201 Å². The van der Waals surface area contributed by atoms with Gasteiger partial charge in [0.15, 0.2) is 5.16 Å². The number of nitrogens with one attached hydrogen (secondary N) is 1. The van der Waals surface area contributed by atoms with Crippen molar-refractivity contribution in [3.8, 4) is 5.69 Å². The summed E-state index contributed by atoms with van der Waals surface area (Å²) in [6.07, 6.45) is 0.717. The Morgan fingerprint density at radius 1 is 1.06 bits per heavy atom. The van der Waals surface area contributed by atoms with Gasteiger partial charge in [0.2, 0.25) is 5.91 Å². The number of carbonyl (C=O) groups excluding carboxylic acids is 1. The van der Waals surface area contributed by atoms with Crippen molar-refractivity contribution in [2.75, 3.05) is 12.3 Å². The summed E-state index contributed by atoms with van der Waals surface area (Å²) in [6.45, 7) is 4.51. The summed E-state index contributed by atoms with van der Waals surface area (Å²) in [5.41, 5.74) is 4.45. The van der Waals surface area contributed by atoms with Crippen LogP contribution < -0.4 is 10.9 Å². The minimum Gasteiger partial charge on any atom is -0.355 e. The fourth-order valence-electron chi connectivity index (χ4n) is 3.66. The molecule has 1 N–H and O–H groups in total. The van der Waals surface area contributed by atoms with Gasteiger partial charge in [0, 0.05) is 11.6 Å². The summed E-state index contributed by atoms with van der Waals surface area (Å²) in [5.74, 6) is 0.0552. The lowest BCUT2D eigenvalue weighted by Gasteiger charge is -2.15. The molecule has 0 saturated heterocycles. The first-order chi connectivity index (χ1) is 15.9. The van der Waals surface area contributed by atoms with E-state index in [4.69, 9.17) is 16.6 Å². The molecule has 7 heteroatoms. The molecule has 0 saturated carbocycles. The van der Waals surface area contributed by atoms with Crippen molar-refractivity contribution in [3.63, 3.8) is 0 Å². The number of para-hydroxylation sites is 1. The van der Waals surface area contributed by atoms with E-state index in [1.165, 1.54) is 11.8 Å². The average Bonchev–Trinajstić information content (AvgIpc) is 2.80. The number of benzene rings is 3. The average molecular weight is 478 g/mol. The molecule has 1 heterocycles. The molecule has 4 rings (SSSR count). The molecular weight excluding hydrogens is 454 g/mol. The lowest BCUT2D eigenvalue weighted by molar-refractivity contribution is -0.118. The van der Waals surface area contributed by atoms with Crippen molar-refractivity contribution in [2.24, 2.45) is 0 Å². The van der Waals surface area contributed by atoms with E-state index >= 15 is 0 Å². The molecule has 0 spiro atoms. The zero-order chi connectivity index (χ0) is 23.4. The largest absolute Gasteiger partial charge is 0.355 e. The smallest absolute Gasteiger partial charge is 0.266 e. The van der Waals surface area contributed by atoms with Gasteiger partial charge in [0.1, 0.15) is 0 Å². The van der Waals surface area contributed by atoms with E-state index in [9.17, 15) is 9.59 Å². The number of carbonyl (C=O) groups is 1. The predicted molar refractivity (Wildman–Crippen MR) is 136 cm³/mol. The standard InChI is InChI=1S/C26H24ClN3O2S/c1-17-7-12-23(18(2)15-17)30-25(32)21-5-3-4-6-22(21)29-26(30)33-16-24(31)28-14-13-19-8-10-20(27)11-9-19/h3-12,15H,13-14,16H2,1-2H3,(H,28,31). The quantitative estimate of drug-likeness (QED) is 0.297. The molecule has 0 aliphatic rings. The number of aryl methyl sites for hydroxylation is 2. The highest BCUT2D eigenvalue weighted by atomic mass is 35.5. The minimum absolute atomic E-state index is 0.108. The van der Waals surface area contributed by atoms with Gasteiger partial charge in [0.05, 0.1) is 22.3 Å². The van der Waals surface area contributed by atoms with E-state index < -0.39 is 0 Å². The number of fused-ring (bicyclic) bond motifs is 1. The summed E-state index contributed by atoms with van der Waals surface area (Å²) in [6, 6.07) is 20.8. The van der Waals surface area contributed by atoms with Gasteiger partial charge in [-0.2, -0.15) is 0 Å². The molecule has 33 heavy (non-hydrogen) atoms. The van der Waals surface area contributed by atoms with Crippen LogP contribution >= 0.6 is 23.4 Å². The van der Waals surface area contributed by atoms with Crippen LogP contribution in [0.4, 0.5) is 0 Å². The molecule has 168 valence electrons. The van der Waals surface area contributed by atoms with Gasteiger partial charge in [-0.15, -0.1) is 0 Å². The molecule has 0 aliphatic heterocycles. The van der Waals surface area contributed by atoms with Crippen molar-refractivity contribution in [1.29, 1.82) is 0 Å². The number of hydrogen-bond donors (Lipinski definition) is 1. The second kappa shape index (κ2) is 10.2. The van der Waals surface area contributed by atoms with Crippen molar-refractivity contribution < 1.29 is 4.79 Å². The number of nitrogens with zero attached hydrogens (tertiary/aromatic N) is 2. The van der Waals surface area contributed by atoms with Gasteiger partial charge in [-0.3, -0.25) is 14.2 Å². The Kier molecular flexibility index (Phi) is 7.16. The second-order valence-electron chi connectivity index (χ2n) is 7.86. The zero-order valence-corrected chi connectivity index (χ0v) is 20.0. The summed E-state index contributed by atoms with van der Waals surface area (Å²) >= 11 is 7.18. The van der Waals surface area contributed by atoms with Crippen LogP contribution in [0.5, 0.6) is 0 Å². The first kappa shape index (κ1) is 23.1. The number of aromatic nitrogens is 2. The Hall–Kier alpha value is -3.09. The molecule has 0 aliphatic carbocycles. The van der Waals surface area contributed by atoms with Crippen LogP contribution in [-0.4, -0.2) is 27.8 Å². The molecule has 0 unspecified atom stereocenters. The number of amides is 1. The third kappa shape index (κ3) is 5.46. The van der Waals surface area contributed by atoms with Crippen molar-refractivity contribution in [3.05, 3.63) is 98.8 Å². The third-order valence-corrected chi connectivity index (χ3v) is 6.51. The van der Waals surface area contributed by atoms with E-state index in [1.54, 1.807) is 10.6 Å². The monoisotopic (exact) mass is 477 g/mol. The normalized spacial score (nSPS) is 11.0. The second-order valence-corrected chi connectivity index (χ2v) is 9.24. The maximum atomic E-state index is 13.4. The van der Waals surface area contributed by atoms with E-state index in [0.717, 1.165) is 28.8 Å². The van der Waals surface area contributed by atoms with Crippen LogP contribution in [-0.2, 0) is 11.2 Å². The Balaban J connectivity index is 1.54. The number of thioether (sulfide) groups is 1. The topological polar surface area (TPSA) is 64.0 Å². The first-order valence-electron chi connectivity index (χ1n) is 10.7. The summed E-state index contributed by atoms with van der Waals surface area (Å²) in [4.78, 5) is 30.6. The zero-order valence-electron chi connectivity index (χ0n) is 18.5. The fraction of sp³-hybridized carbons (Fsp3) is 0.192. The molecule has 1 amide bonds. The Bertz CT molecular complexity index is 1370. The highest BCUT2D eigenvalue weighted by Crippen LogP contribution is 2.23. The van der Waals surface area contributed by atoms with Gasteiger partial charge >= 0.3 is 0 Å². The van der Waals surface area contributed by atoms with Crippen LogP contribution in [0, 0.1) is 13.8 Å². The van der Waals surface area contributed by atoms with E-state index in [0.29, 0.717) is 27.6 Å². The lowest BCUT2D eigenvalue weighted by atomic mass is 10.1. The van der Waals surface area contributed by atoms with Gasteiger partial charge < -0.3 is 5.32 Å². The van der Waals surface area contributed by atoms with Gasteiger partial charge in [-0.05, 0) is 61.7 Å². The van der Waals surface area contributed by atoms with Crippen LogP contribution in [0.1, 0.15) is 16.7 Å². The Morgan fingerprint density at radius 3 is 2.58 bits per heavy atom. The SMILES string of the molecule is Cc1ccc(-n2c(SCC(=O)NCCc3ccc(Cl)cc3)nc3ccccc3c2=O)c(C)c1. The highest BCUT2D eigenvalue weighted by molar-refractivity contribution is 7.99. The fourth-order valence-corrected chi connectivity index (χ4v) is 4.62. The first-order valence-corrected chi connectivity index (χ1v) is 12.0. The number of halogens is 1. The van der Waals surface area contributed by atoms with Crippen molar-refractivity contribution in [1.82, 2.24) is 14.9 Å². The van der Waals surface area contributed by atoms with Crippen LogP contribution in [0.3, 0.4) is 0 Å². The lowest BCUT2D eigenvalue weighted by Crippen LogP contribution is -2.28. The van der Waals surface area contributed by atoms with E-state index in [2.05, 4.69) is 5.32 Å². The maximum Gasteiger partial charge on any atom is 0.266 e. The predicted octanol–water partition coefficient (Wildman–Crippen LogP) is 5.11. The molecule has 0 bridgehead atoms. The molecular formula is C26H24ClN3O2S. The van der Waals surface area contributed by atoms with Gasteiger partial charge in [-0.1, -0.05) is 65.3 Å². The molecule has 0 atom stereocenters. The van der Waals surface area contributed by atoms with Crippen molar-refractivity contribution >= 4 is 40.2 Å². The summed E-state index contributed by atoms with van der Waals surface area (Å²) in [7, 11) is 0. The maximum absolute atomic E-state index is 13.4. The molecule has 0 radical (unpaired) electrons. The van der Waals surface area contributed by atoms with Gasteiger partial charge in [-0.25, -0.2) is 4.98 Å². The minimum atomic E-state index is -0.141. The van der Waals surface area contributed by atoms with Crippen LogP contribution in [0.2, 0.25) is 5.02 Å². The van der Waals surface area contributed by atoms with E-state index in [-0.39, 0.29) is 17.2 Å². The van der Waals surface area contributed by atoms with Crippen molar-refractivity contribution in [2.45, 2.75) is 25.4 Å². The van der Waals surface area contributed by atoms with Crippen LogP contribution in [0.25, 0.3) is 16.6 Å². The third-order valence-electron chi connectivity index (χ3n) is 5.32. The Morgan fingerprint density at radius 2 is 1.82 bits per heavy atom. The van der Waals surface area contributed by atoms with Crippen LogP contribution in [0.15, 0.2) is 76.7 Å². The molecule has 0 fully saturated rings. The van der Waals surface area contributed by atoms with E-state index in [1.807, 2.05) is 74.5 Å². The number of hydrogen-bond acceptors (Lipinski definition) is 4. The molecule has 4 aromatic rings. The summed E-state index contributed by atoms with van der Waals surface area (Å²) < 4.78 is 1.61. The summed E-state index contributed by atoms with van der Waals surface area (Å²) in [5, 5.41) is 4.68. The molecule has 3 aromatic carbocycles. The van der Waals surface area contributed by atoms with Gasteiger partial charge in [0.25, 0.3) is 5.56 Å².